The van der Waals surface area contributed by atoms with E-state index < -0.39 is 0 Å². The van der Waals surface area contributed by atoms with Crippen LogP contribution in [0.3, 0.4) is 0 Å². The van der Waals surface area contributed by atoms with Crippen molar-refractivity contribution >= 4 is 5.95 Å². The molecular weight excluding hydrogens is 250 g/mol. The molecule has 20 heavy (non-hydrogen) atoms. The van der Waals surface area contributed by atoms with Gasteiger partial charge >= 0.3 is 0 Å². The van der Waals surface area contributed by atoms with Crippen LogP contribution in [0.5, 0.6) is 0 Å². The van der Waals surface area contributed by atoms with Crippen LogP contribution < -0.4 is 5.73 Å². The van der Waals surface area contributed by atoms with Gasteiger partial charge in [0, 0.05) is 18.9 Å². The van der Waals surface area contributed by atoms with E-state index in [9.17, 15) is 0 Å². The Hall–Kier alpha value is -1.23. The molecule has 0 saturated heterocycles. The lowest BCUT2D eigenvalue weighted by Crippen LogP contribution is -2.26. The summed E-state index contributed by atoms with van der Waals surface area (Å²) in [5, 5.41) is 0. The van der Waals surface area contributed by atoms with Crippen LogP contribution in [-0.2, 0) is 6.42 Å². The highest BCUT2D eigenvalue weighted by molar-refractivity contribution is 5.18. The van der Waals surface area contributed by atoms with Gasteiger partial charge < -0.3 is 10.6 Å². The number of anilines is 1. The second-order valence-corrected chi connectivity index (χ2v) is 5.58. The first-order chi connectivity index (χ1) is 9.72. The third-order valence-electron chi connectivity index (χ3n) is 4.23. The van der Waals surface area contributed by atoms with E-state index in [0.29, 0.717) is 11.9 Å². The molecule has 5 heteroatoms. The summed E-state index contributed by atoms with van der Waals surface area (Å²) < 4.78 is 0. The third kappa shape index (κ3) is 4.13. The number of aromatic nitrogens is 3. The van der Waals surface area contributed by atoms with E-state index in [1.807, 2.05) is 0 Å². The van der Waals surface area contributed by atoms with E-state index in [-0.39, 0.29) is 0 Å². The lowest BCUT2D eigenvalue weighted by molar-refractivity contribution is 0.305. The quantitative estimate of drug-likeness (QED) is 0.864. The molecule has 0 unspecified atom stereocenters. The van der Waals surface area contributed by atoms with Gasteiger partial charge in [-0.25, -0.2) is 4.98 Å². The molecule has 1 aliphatic rings. The van der Waals surface area contributed by atoms with Crippen LogP contribution in [0, 0.1) is 0 Å². The number of nitrogen functional groups attached to an aromatic ring is 1. The minimum absolute atomic E-state index is 0.384. The Bertz CT molecular complexity index is 411. The molecule has 0 bridgehead atoms. The van der Waals surface area contributed by atoms with Crippen molar-refractivity contribution in [2.45, 2.75) is 58.3 Å². The van der Waals surface area contributed by atoms with Crippen LogP contribution in [-0.4, -0.2) is 39.5 Å². The van der Waals surface area contributed by atoms with Crippen molar-refractivity contribution in [2.75, 3.05) is 25.4 Å². The third-order valence-corrected chi connectivity index (χ3v) is 4.23. The van der Waals surface area contributed by atoms with Crippen molar-refractivity contribution < 1.29 is 0 Å². The van der Waals surface area contributed by atoms with Crippen molar-refractivity contribution in [1.29, 1.82) is 0 Å². The summed E-state index contributed by atoms with van der Waals surface area (Å²) >= 11 is 0. The largest absolute Gasteiger partial charge is 0.368 e. The van der Waals surface area contributed by atoms with Crippen molar-refractivity contribution in [3.63, 3.8) is 0 Å². The molecule has 112 valence electrons. The predicted molar refractivity (Wildman–Crippen MR) is 81.6 cm³/mol. The topological polar surface area (TPSA) is 67.9 Å². The summed E-state index contributed by atoms with van der Waals surface area (Å²) in [7, 11) is 0. The Balaban J connectivity index is 2.03. The number of hydrogen-bond donors (Lipinski definition) is 1. The van der Waals surface area contributed by atoms with Crippen LogP contribution in [0.15, 0.2) is 0 Å². The fraction of sp³-hybridized carbons (Fsp3) is 0.800. The molecule has 0 amide bonds. The molecular formula is C15H27N5. The van der Waals surface area contributed by atoms with Gasteiger partial charge in [-0.05, 0) is 25.9 Å². The van der Waals surface area contributed by atoms with Gasteiger partial charge in [-0.15, -0.1) is 0 Å². The molecule has 0 spiro atoms. The van der Waals surface area contributed by atoms with Crippen molar-refractivity contribution in [2.24, 2.45) is 0 Å². The first-order valence-electron chi connectivity index (χ1n) is 7.95. The summed E-state index contributed by atoms with van der Waals surface area (Å²) in [6.07, 6.45) is 7.15. The van der Waals surface area contributed by atoms with Crippen LogP contribution >= 0.6 is 0 Å². The number of nitrogens with two attached hydrogens (primary N) is 1. The molecule has 0 aliphatic heterocycles. The number of rotatable bonds is 6. The fourth-order valence-electron chi connectivity index (χ4n) is 2.91. The Morgan fingerprint density at radius 1 is 1.05 bits per heavy atom. The van der Waals surface area contributed by atoms with Crippen molar-refractivity contribution in [1.82, 2.24) is 19.9 Å². The monoisotopic (exact) mass is 277 g/mol. The summed E-state index contributed by atoms with van der Waals surface area (Å²) in [5.74, 6) is 2.65. The molecule has 2 rings (SSSR count). The van der Waals surface area contributed by atoms with Gasteiger partial charge in [-0.2, -0.15) is 9.97 Å². The lowest BCUT2D eigenvalue weighted by atomic mass is 9.89. The average molecular weight is 277 g/mol. The highest BCUT2D eigenvalue weighted by Crippen LogP contribution is 2.30. The Labute approximate surface area is 122 Å². The van der Waals surface area contributed by atoms with Crippen molar-refractivity contribution in [3.8, 4) is 0 Å². The second-order valence-electron chi connectivity index (χ2n) is 5.58. The van der Waals surface area contributed by atoms with Gasteiger partial charge in [0.2, 0.25) is 5.95 Å². The molecule has 2 N–H and O–H groups in total. The van der Waals surface area contributed by atoms with E-state index in [4.69, 9.17) is 5.73 Å². The molecule has 1 saturated carbocycles. The zero-order valence-corrected chi connectivity index (χ0v) is 12.8. The van der Waals surface area contributed by atoms with E-state index in [0.717, 1.165) is 37.7 Å². The van der Waals surface area contributed by atoms with Gasteiger partial charge in [0.15, 0.2) is 0 Å². The summed E-state index contributed by atoms with van der Waals surface area (Å²) in [4.78, 5) is 15.7. The summed E-state index contributed by atoms with van der Waals surface area (Å²) in [6.45, 7) is 7.47. The van der Waals surface area contributed by atoms with Crippen LogP contribution in [0.1, 0.15) is 63.5 Å². The van der Waals surface area contributed by atoms with E-state index >= 15 is 0 Å². The van der Waals surface area contributed by atoms with Gasteiger partial charge in [0.25, 0.3) is 0 Å². The number of nitrogens with zero attached hydrogens (tertiary/aromatic N) is 4. The highest BCUT2D eigenvalue weighted by Gasteiger charge is 2.19. The number of hydrogen-bond acceptors (Lipinski definition) is 5. The maximum absolute atomic E-state index is 5.86. The molecule has 1 aromatic heterocycles. The molecule has 0 aromatic carbocycles. The fourth-order valence-corrected chi connectivity index (χ4v) is 2.91. The first-order valence-corrected chi connectivity index (χ1v) is 7.95. The standard InChI is InChI=1S/C15H27N5/c1-3-20(4-2)11-10-13-17-14(19-15(16)18-13)12-8-6-5-7-9-12/h12H,3-11H2,1-2H3,(H2,16,17,18,19). The summed E-state index contributed by atoms with van der Waals surface area (Å²) in [5.41, 5.74) is 5.86. The minimum atomic E-state index is 0.384. The lowest BCUT2D eigenvalue weighted by Gasteiger charge is -2.21. The minimum Gasteiger partial charge on any atom is -0.368 e. The van der Waals surface area contributed by atoms with Crippen LogP contribution in [0.25, 0.3) is 0 Å². The molecule has 5 nitrogen and oxygen atoms in total. The highest BCUT2D eigenvalue weighted by atomic mass is 15.1. The number of likely N-dealkylation sites (N-methyl/N-ethyl adjacent to an activating group) is 1. The maximum Gasteiger partial charge on any atom is 0.223 e. The Kier molecular flexibility index (Phi) is 5.71. The molecule has 1 fully saturated rings. The molecule has 1 heterocycles. The van der Waals surface area contributed by atoms with E-state index in [2.05, 4.69) is 33.7 Å². The van der Waals surface area contributed by atoms with Gasteiger partial charge in [0.05, 0.1) is 0 Å². The van der Waals surface area contributed by atoms with Gasteiger partial charge in [-0.1, -0.05) is 33.1 Å². The normalized spacial score (nSPS) is 16.8. The summed E-state index contributed by atoms with van der Waals surface area (Å²) in [6, 6.07) is 0. The van der Waals surface area contributed by atoms with Gasteiger partial charge in [0.1, 0.15) is 11.6 Å². The average Bonchev–Trinajstić information content (AvgIpc) is 2.49. The van der Waals surface area contributed by atoms with Crippen LogP contribution in [0.2, 0.25) is 0 Å². The van der Waals surface area contributed by atoms with Crippen molar-refractivity contribution in [3.05, 3.63) is 11.6 Å². The molecule has 0 radical (unpaired) electrons. The zero-order chi connectivity index (χ0) is 14.4. The Morgan fingerprint density at radius 3 is 2.40 bits per heavy atom. The predicted octanol–water partition coefficient (Wildman–Crippen LogP) is 2.39. The SMILES string of the molecule is CCN(CC)CCc1nc(N)nc(C2CCCCC2)n1. The smallest absolute Gasteiger partial charge is 0.223 e. The Morgan fingerprint density at radius 2 is 1.75 bits per heavy atom. The zero-order valence-electron chi connectivity index (χ0n) is 12.8. The first kappa shape index (κ1) is 15.2. The molecule has 1 aliphatic carbocycles. The maximum atomic E-state index is 5.86. The van der Waals surface area contributed by atoms with Gasteiger partial charge in [-0.3, -0.25) is 0 Å². The molecule has 1 aromatic rings. The van der Waals surface area contributed by atoms with Crippen LogP contribution in [0.4, 0.5) is 5.95 Å². The van der Waals surface area contributed by atoms with E-state index in [1.54, 1.807) is 0 Å². The molecule has 0 atom stereocenters. The van der Waals surface area contributed by atoms with E-state index in [1.165, 1.54) is 32.1 Å². The second kappa shape index (κ2) is 7.53.